The summed E-state index contributed by atoms with van der Waals surface area (Å²) in [5.74, 6) is -1.55. The molecule has 0 aromatic carbocycles. The molecule has 0 bridgehead atoms. The second kappa shape index (κ2) is 24.8. The summed E-state index contributed by atoms with van der Waals surface area (Å²) in [5, 5.41) is 14.9. The number of aliphatic carboxylic acids is 1. The third-order valence-electron chi connectivity index (χ3n) is 6.23. The maximum Gasteiger partial charge on any atom is 0.326 e. The fraction of sp³-hybridized carbons (Fsp3) is 0.429. The van der Waals surface area contributed by atoms with E-state index in [-0.39, 0.29) is 12.3 Å². The molecule has 42 heavy (non-hydrogen) atoms. The number of carbonyl (C=O) groups excluding carboxylic acids is 2. The Morgan fingerprint density at radius 3 is 1.90 bits per heavy atom. The minimum Gasteiger partial charge on any atom is -0.480 e. The third kappa shape index (κ3) is 19.1. The van der Waals surface area contributed by atoms with Gasteiger partial charge in [0.1, 0.15) is 6.04 Å². The summed E-state index contributed by atoms with van der Waals surface area (Å²) < 4.78 is 0. The van der Waals surface area contributed by atoms with Crippen LogP contribution in [0.5, 0.6) is 0 Å². The number of nitrogens with zero attached hydrogens (tertiary/aromatic N) is 1. The van der Waals surface area contributed by atoms with E-state index in [4.69, 9.17) is 0 Å². The number of allylic oxidation sites excluding steroid dienone is 12. The molecule has 0 saturated carbocycles. The normalized spacial score (nSPS) is 12.9. The SMILES string of the molecule is CCC=CCC=CCC=CCC=CCC=CCC=CCCC(=O)NCCCC[C@H](NC(=O)c1cccnc1C)C(=O)O. The first kappa shape index (κ1) is 36.0. The van der Waals surface area contributed by atoms with E-state index in [9.17, 15) is 19.5 Å². The van der Waals surface area contributed by atoms with Crippen molar-refractivity contribution in [3.63, 3.8) is 0 Å². The topological polar surface area (TPSA) is 108 Å². The molecule has 0 unspecified atom stereocenters. The average Bonchev–Trinajstić information content (AvgIpc) is 2.97. The van der Waals surface area contributed by atoms with E-state index >= 15 is 0 Å². The molecule has 1 aromatic heterocycles. The van der Waals surface area contributed by atoms with Gasteiger partial charge >= 0.3 is 5.97 Å². The predicted molar refractivity (Wildman–Crippen MR) is 172 cm³/mol. The third-order valence-corrected chi connectivity index (χ3v) is 6.23. The van der Waals surface area contributed by atoms with E-state index < -0.39 is 17.9 Å². The van der Waals surface area contributed by atoms with Gasteiger partial charge in [-0.05, 0) is 83.3 Å². The molecule has 0 aliphatic rings. The molecule has 0 aliphatic carbocycles. The summed E-state index contributed by atoms with van der Waals surface area (Å²) in [4.78, 5) is 40.0. The lowest BCUT2D eigenvalue weighted by atomic mass is 10.1. The summed E-state index contributed by atoms with van der Waals surface area (Å²) in [6, 6.07) is 2.27. The van der Waals surface area contributed by atoms with Crippen LogP contribution in [-0.4, -0.2) is 40.5 Å². The van der Waals surface area contributed by atoms with Crippen LogP contribution in [-0.2, 0) is 9.59 Å². The quantitative estimate of drug-likeness (QED) is 0.0990. The monoisotopic (exact) mass is 575 g/mol. The number of carboxylic acid groups (broad SMARTS) is 1. The zero-order valence-electron chi connectivity index (χ0n) is 25.3. The van der Waals surface area contributed by atoms with Crippen molar-refractivity contribution in [2.24, 2.45) is 0 Å². The van der Waals surface area contributed by atoms with Gasteiger partial charge in [0.2, 0.25) is 5.91 Å². The minimum absolute atomic E-state index is 0.0235. The number of hydrogen-bond acceptors (Lipinski definition) is 4. The Kier molecular flexibility index (Phi) is 21.2. The summed E-state index contributed by atoms with van der Waals surface area (Å²) in [7, 11) is 0. The highest BCUT2D eigenvalue weighted by Crippen LogP contribution is 2.07. The van der Waals surface area contributed by atoms with Gasteiger partial charge in [-0.2, -0.15) is 0 Å². The van der Waals surface area contributed by atoms with Crippen molar-refractivity contribution in [1.29, 1.82) is 0 Å². The number of carboxylic acids is 1. The van der Waals surface area contributed by atoms with Gasteiger partial charge < -0.3 is 15.7 Å². The highest BCUT2D eigenvalue weighted by molar-refractivity contribution is 5.97. The zero-order chi connectivity index (χ0) is 30.7. The van der Waals surface area contributed by atoms with Crippen molar-refractivity contribution in [3.8, 4) is 0 Å². The van der Waals surface area contributed by atoms with Gasteiger partial charge in [0.05, 0.1) is 5.56 Å². The number of unbranched alkanes of at least 4 members (excludes halogenated alkanes) is 1. The Morgan fingerprint density at radius 1 is 0.833 bits per heavy atom. The van der Waals surface area contributed by atoms with E-state index in [1.807, 2.05) is 6.08 Å². The second-order valence-corrected chi connectivity index (χ2v) is 9.80. The molecule has 1 rings (SSSR count). The molecule has 0 spiro atoms. The number of aromatic nitrogens is 1. The van der Waals surface area contributed by atoms with Crippen LogP contribution < -0.4 is 10.6 Å². The Labute approximate surface area is 252 Å². The molecule has 1 heterocycles. The predicted octanol–water partition coefficient (Wildman–Crippen LogP) is 7.34. The number of amides is 2. The van der Waals surface area contributed by atoms with Gasteiger partial charge in [-0.1, -0.05) is 79.8 Å². The first-order chi connectivity index (χ1) is 20.5. The van der Waals surface area contributed by atoms with Crippen LogP contribution in [0.3, 0.4) is 0 Å². The van der Waals surface area contributed by atoms with Crippen LogP contribution in [0.15, 0.2) is 91.2 Å². The van der Waals surface area contributed by atoms with Crippen molar-refractivity contribution in [3.05, 3.63) is 102 Å². The highest BCUT2D eigenvalue weighted by Gasteiger charge is 2.21. The number of pyridine rings is 1. The molecule has 0 saturated heterocycles. The molecule has 3 N–H and O–H groups in total. The zero-order valence-corrected chi connectivity index (χ0v) is 25.3. The Balaban J connectivity index is 2.07. The van der Waals surface area contributed by atoms with Gasteiger partial charge in [0, 0.05) is 24.9 Å². The molecule has 1 atom stereocenters. The highest BCUT2D eigenvalue weighted by atomic mass is 16.4. The lowest BCUT2D eigenvalue weighted by Crippen LogP contribution is -2.41. The van der Waals surface area contributed by atoms with Crippen molar-refractivity contribution in [2.75, 3.05) is 6.54 Å². The van der Waals surface area contributed by atoms with E-state index in [1.54, 1.807) is 25.3 Å². The van der Waals surface area contributed by atoms with Crippen LogP contribution in [0.2, 0.25) is 0 Å². The molecule has 0 radical (unpaired) electrons. The molecule has 228 valence electrons. The first-order valence-electron chi connectivity index (χ1n) is 15.1. The Bertz CT molecular complexity index is 1100. The molecule has 1 aromatic rings. The van der Waals surface area contributed by atoms with Gasteiger partial charge in [-0.15, -0.1) is 0 Å². The Hall–Kier alpha value is -4.00. The molecule has 2 amide bonds. The summed E-state index contributed by atoms with van der Waals surface area (Å²) in [6.45, 7) is 4.32. The van der Waals surface area contributed by atoms with Crippen molar-refractivity contribution >= 4 is 17.8 Å². The average molecular weight is 576 g/mol. The molecule has 7 heteroatoms. The van der Waals surface area contributed by atoms with Gasteiger partial charge in [-0.3, -0.25) is 14.6 Å². The summed E-state index contributed by atoms with van der Waals surface area (Å²) in [5.41, 5.74) is 0.911. The molecular formula is C35H49N3O4. The maximum atomic E-state index is 12.4. The van der Waals surface area contributed by atoms with Crippen molar-refractivity contribution in [2.45, 2.75) is 90.5 Å². The minimum atomic E-state index is -1.08. The smallest absolute Gasteiger partial charge is 0.326 e. The Morgan fingerprint density at radius 2 is 1.38 bits per heavy atom. The number of nitrogens with one attached hydrogen (secondary N) is 2. The van der Waals surface area contributed by atoms with Crippen LogP contribution in [0, 0.1) is 6.92 Å². The molecule has 0 fully saturated rings. The van der Waals surface area contributed by atoms with Crippen LogP contribution in [0.4, 0.5) is 0 Å². The number of aryl methyl sites for hydroxylation is 1. The largest absolute Gasteiger partial charge is 0.480 e. The lowest BCUT2D eigenvalue weighted by molar-refractivity contribution is -0.139. The maximum absolute atomic E-state index is 12.4. The number of hydrogen-bond donors (Lipinski definition) is 3. The first-order valence-corrected chi connectivity index (χ1v) is 15.1. The lowest BCUT2D eigenvalue weighted by Gasteiger charge is -2.15. The fourth-order valence-corrected chi connectivity index (χ4v) is 3.86. The van der Waals surface area contributed by atoms with Gasteiger partial charge in [0.15, 0.2) is 0 Å². The van der Waals surface area contributed by atoms with Crippen LogP contribution in [0.1, 0.15) is 93.6 Å². The second-order valence-electron chi connectivity index (χ2n) is 9.80. The van der Waals surface area contributed by atoms with Crippen LogP contribution in [0.25, 0.3) is 0 Å². The standard InChI is InChI=1S/C35H49N3O4/c1-3-4-5-6-7-8-9-10-11-12-13-14-15-16-17-18-19-20-21-27-33(39)37-28-23-22-26-32(35(41)42)38-34(40)31-25-24-29-36-30(31)2/h4-5,7-8,10-11,13-14,16-17,19-20,24-25,29,32H,3,6,9,12,15,18,21-23,26-28H2,1-2H3,(H,37,39)(H,38,40)(H,41,42)/t32-/m0/s1. The number of rotatable bonds is 22. The van der Waals surface area contributed by atoms with Crippen molar-refractivity contribution in [1.82, 2.24) is 15.6 Å². The molecule has 0 aliphatic heterocycles. The molecular weight excluding hydrogens is 526 g/mol. The van der Waals surface area contributed by atoms with Gasteiger partial charge in [0.25, 0.3) is 5.91 Å². The summed E-state index contributed by atoms with van der Waals surface area (Å²) >= 11 is 0. The van der Waals surface area contributed by atoms with E-state index in [0.717, 1.165) is 38.5 Å². The molecule has 7 nitrogen and oxygen atoms in total. The van der Waals surface area contributed by atoms with E-state index in [0.29, 0.717) is 43.5 Å². The van der Waals surface area contributed by atoms with E-state index in [2.05, 4.69) is 89.4 Å². The van der Waals surface area contributed by atoms with Gasteiger partial charge in [-0.25, -0.2) is 4.79 Å². The number of carbonyl (C=O) groups is 3. The van der Waals surface area contributed by atoms with Crippen LogP contribution >= 0.6 is 0 Å². The summed E-state index contributed by atoms with van der Waals surface area (Å²) in [6.07, 6.45) is 35.8. The fourth-order valence-electron chi connectivity index (χ4n) is 3.86. The van der Waals surface area contributed by atoms with Crippen molar-refractivity contribution < 1.29 is 19.5 Å². The van der Waals surface area contributed by atoms with E-state index in [1.165, 1.54) is 0 Å².